The van der Waals surface area contributed by atoms with Crippen molar-refractivity contribution in [3.63, 3.8) is 0 Å². The standard InChI is InChI=1S/C12H27O3P/c13-7-1-4-10-16(11-5-2-8-14)12-6-3-9-15/h13-15H,1-12H2. The van der Waals surface area contributed by atoms with Crippen molar-refractivity contribution in [3.8, 4) is 0 Å². The molecule has 0 aromatic carbocycles. The van der Waals surface area contributed by atoms with Crippen LogP contribution in [0.2, 0.25) is 0 Å². The Morgan fingerprint density at radius 3 is 1.06 bits per heavy atom. The third kappa shape index (κ3) is 10.8. The molecule has 0 atom stereocenters. The lowest BCUT2D eigenvalue weighted by molar-refractivity contribution is 0.286. The SMILES string of the molecule is OCCCCP(CCCCO)CCCCO. The van der Waals surface area contributed by atoms with E-state index in [1.807, 2.05) is 0 Å². The molecule has 3 nitrogen and oxygen atoms in total. The molecule has 0 rings (SSSR count). The summed E-state index contributed by atoms with van der Waals surface area (Å²) in [4.78, 5) is 0. The molecule has 0 radical (unpaired) electrons. The van der Waals surface area contributed by atoms with Crippen molar-refractivity contribution in [1.29, 1.82) is 0 Å². The zero-order chi connectivity index (χ0) is 12.1. The summed E-state index contributed by atoms with van der Waals surface area (Å²) >= 11 is 0. The van der Waals surface area contributed by atoms with Crippen molar-refractivity contribution in [1.82, 2.24) is 0 Å². The highest BCUT2D eigenvalue weighted by Crippen LogP contribution is 2.38. The second kappa shape index (κ2) is 13.4. The van der Waals surface area contributed by atoms with Crippen LogP contribution in [-0.2, 0) is 0 Å². The van der Waals surface area contributed by atoms with Gasteiger partial charge in [0.2, 0.25) is 0 Å². The topological polar surface area (TPSA) is 60.7 Å². The van der Waals surface area contributed by atoms with Crippen LogP contribution in [-0.4, -0.2) is 53.6 Å². The van der Waals surface area contributed by atoms with Crippen molar-refractivity contribution < 1.29 is 15.3 Å². The zero-order valence-corrected chi connectivity index (χ0v) is 11.2. The number of rotatable bonds is 12. The molecule has 16 heavy (non-hydrogen) atoms. The molecule has 0 aliphatic heterocycles. The van der Waals surface area contributed by atoms with Crippen LogP contribution in [0.25, 0.3) is 0 Å². The molecular formula is C12H27O3P. The van der Waals surface area contributed by atoms with Gasteiger partial charge in [-0.15, -0.1) is 7.92 Å². The number of aliphatic hydroxyl groups excluding tert-OH is 3. The number of unbranched alkanes of at least 4 members (excludes halogenated alkanes) is 3. The van der Waals surface area contributed by atoms with E-state index in [4.69, 9.17) is 15.3 Å². The summed E-state index contributed by atoms with van der Waals surface area (Å²) < 4.78 is 0. The van der Waals surface area contributed by atoms with Crippen LogP contribution in [0.3, 0.4) is 0 Å². The van der Waals surface area contributed by atoms with Gasteiger partial charge in [-0.1, -0.05) is 0 Å². The maximum atomic E-state index is 8.75. The number of aliphatic hydroxyl groups is 3. The van der Waals surface area contributed by atoms with E-state index in [2.05, 4.69) is 0 Å². The van der Waals surface area contributed by atoms with E-state index in [0.29, 0.717) is 19.8 Å². The summed E-state index contributed by atoms with van der Waals surface area (Å²) in [6.07, 6.45) is 9.85. The summed E-state index contributed by atoms with van der Waals surface area (Å²) in [6.45, 7) is 0.906. The molecule has 98 valence electrons. The Balaban J connectivity index is 3.58. The Morgan fingerprint density at radius 2 is 0.812 bits per heavy atom. The van der Waals surface area contributed by atoms with Gasteiger partial charge in [-0.05, 0) is 57.0 Å². The van der Waals surface area contributed by atoms with Crippen molar-refractivity contribution in [2.24, 2.45) is 0 Å². The lowest BCUT2D eigenvalue weighted by atomic mass is 10.3. The molecule has 0 spiro atoms. The van der Waals surface area contributed by atoms with Gasteiger partial charge in [0.25, 0.3) is 0 Å². The Morgan fingerprint density at radius 1 is 0.500 bits per heavy atom. The molecule has 0 aromatic rings. The van der Waals surface area contributed by atoms with Gasteiger partial charge in [0.1, 0.15) is 0 Å². The third-order valence-corrected chi connectivity index (χ3v) is 5.49. The fraction of sp³-hybridized carbons (Fsp3) is 1.00. The second-order valence-corrected chi connectivity index (χ2v) is 6.82. The van der Waals surface area contributed by atoms with E-state index in [-0.39, 0.29) is 7.92 Å². The van der Waals surface area contributed by atoms with Crippen LogP contribution in [0, 0.1) is 0 Å². The van der Waals surface area contributed by atoms with Gasteiger partial charge in [0.15, 0.2) is 0 Å². The lowest BCUT2D eigenvalue weighted by Crippen LogP contribution is -1.99. The fourth-order valence-electron chi connectivity index (χ4n) is 1.68. The van der Waals surface area contributed by atoms with Gasteiger partial charge in [0.05, 0.1) is 0 Å². The first kappa shape index (κ1) is 16.3. The molecule has 0 aromatic heterocycles. The first-order valence-corrected chi connectivity index (χ1v) is 8.29. The minimum absolute atomic E-state index is 0.0712. The highest BCUT2D eigenvalue weighted by Gasteiger charge is 2.07. The number of hydrogen-bond donors (Lipinski definition) is 3. The normalized spacial score (nSPS) is 11.2. The maximum Gasteiger partial charge on any atom is 0.0431 e. The van der Waals surface area contributed by atoms with Gasteiger partial charge < -0.3 is 15.3 Å². The zero-order valence-electron chi connectivity index (χ0n) is 10.3. The average Bonchev–Trinajstić information content (AvgIpc) is 2.29. The van der Waals surface area contributed by atoms with Crippen LogP contribution in [0.15, 0.2) is 0 Å². The van der Waals surface area contributed by atoms with Gasteiger partial charge >= 0.3 is 0 Å². The van der Waals surface area contributed by atoms with Crippen LogP contribution < -0.4 is 0 Å². The molecule has 0 saturated carbocycles. The van der Waals surface area contributed by atoms with Gasteiger partial charge in [-0.2, -0.15) is 0 Å². The van der Waals surface area contributed by atoms with Crippen LogP contribution in [0.4, 0.5) is 0 Å². The van der Waals surface area contributed by atoms with Crippen molar-refractivity contribution in [2.75, 3.05) is 38.3 Å². The average molecular weight is 250 g/mol. The molecule has 0 aliphatic carbocycles. The molecule has 0 unspecified atom stereocenters. The summed E-state index contributed by atoms with van der Waals surface area (Å²) in [5, 5.41) is 26.2. The van der Waals surface area contributed by atoms with Crippen molar-refractivity contribution in [3.05, 3.63) is 0 Å². The largest absolute Gasteiger partial charge is 0.396 e. The quantitative estimate of drug-likeness (QED) is 0.365. The predicted octanol–water partition coefficient (Wildman–Crippen LogP) is 1.79. The molecule has 3 N–H and O–H groups in total. The molecule has 4 heteroatoms. The van der Waals surface area contributed by atoms with Crippen LogP contribution in [0.5, 0.6) is 0 Å². The fourth-order valence-corrected chi connectivity index (χ4v) is 4.36. The smallest absolute Gasteiger partial charge is 0.0431 e. The molecular weight excluding hydrogens is 223 g/mol. The predicted molar refractivity (Wildman–Crippen MR) is 70.5 cm³/mol. The monoisotopic (exact) mass is 250 g/mol. The van der Waals surface area contributed by atoms with Gasteiger partial charge in [-0.3, -0.25) is 0 Å². The Bertz CT molecular complexity index is 110. The van der Waals surface area contributed by atoms with Crippen LogP contribution in [0.1, 0.15) is 38.5 Å². The van der Waals surface area contributed by atoms with E-state index in [1.165, 1.54) is 18.5 Å². The molecule has 0 fully saturated rings. The molecule has 0 saturated heterocycles. The van der Waals surface area contributed by atoms with Crippen molar-refractivity contribution in [2.45, 2.75) is 38.5 Å². The molecule has 0 heterocycles. The molecule has 0 amide bonds. The lowest BCUT2D eigenvalue weighted by Gasteiger charge is -2.17. The molecule has 0 bridgehead atoms. The minimum Gasteiger partial charge on any atom is -0.396 e. The highest BCUT2D eigenvalue weighted by molar-refractivity contribution is 7.57. The minimum atomic E-state index is 0.0712. The van der Waals surface area contributed by atoms with E-state index >= 15 is 0 Å². The number of hydrogen-bond acceptors (Lipinski definition) is 3. The van der Waals surface area contributed by atoms with Gasteiger partial charge in [0, 0.05) is 19.8 Å². The van der Waals surface area contributed by atoms with E-state index in [1.54, 1.807) is 0 Å². The summed E-state index contributed by atoms with van der Waals surface area (Å²) in [5.74, 6) is 0. The first-order valence-electron chi connectivity index (χ1n) is 6.40. The summed E-state index contributed by atoms with van der Waals surface area (Å²) in [6, 6.07) is 0. The first-order chi connectivity index (χ1) is 7.85. The second-order valence-electron chi connectivity index (χ2n) is 4.13. The third-order valence-electron chi connectivity index (χ3n) is 2.65. The summed E-state index contributed by atoms with van der Waals surface area (Å²) in [7, 11) is 0.0712. The Hall–Kier alpha value is 0.310. The Kier molecular flexibility index (Phi) is 13.6. The van der Waals surface area contributed by atoms with Gasteiger partial charge in [-0.25, -0.2) is 0 Å². The van der Waals surface area contributed by atoms with E-state index < -0.39 is 0 Å². The van der Waals surface area contributed by atoms with E-state index in [0.717, 1.165) is 38.5 Å². The maximum absolute atomic E-state index is 8.75. The molecule has 0 aliphatic rings. The van der Waals surface area contributed by atoms with E-state index in [9.17, 15) is 0 Å². The Labute approximate surface area is 101 Å². The van der Waals surface area contributed by atoms with Crippen molar-refractivity contribution >= 4 is 7.92 Å². The highest BCUT2D eigenvalue weighted by atomic mass is 31.1. The van der Waals surface area contributed by atoms with Crippen LogP contribution >= 0.6 is 7.92 Å². The summed E-state index contributed by atoms with van der Waals surface area (Å²) in [5.41, 5.74) is 0.